The summed E-state index contributed by atoms with van der Waals surface area (Å²) in [7, 11) is 0. The summed E-state index contributed by atoms with van der Waals surface area (Å²) in [5.74, 6) is -1.44. The zero-order valence-electron chi connectivity index (χ0n) is 14.7. The number of H-pyrrole nitrogens is 1. The molecule has 0 bridgehead atoms. The Bertz CT molecular complexity index is 1040. The van der Waals surface area contributed by atoms with Crippen LogP contribution in [-0.2, 0) is 4.79 Å². The van der Waals surface area contributed by atoms with Gasteiger partial charge in [-0.05, 0) is 48.4 Å². The SMILES string of the molecule is CC(C)C(NC(=O)c1ccc(Cl)cc1)C(=O)Nc1ccc2oc(=O)[nH]c2c1. The van der Waals surface area contributed by atoms with Crippen LogP contribution in [0.1, 0.15) is 24.2 Å². The van der Waals surface area contributed by atoms with Crippen molar-refractivity contribution in [2.75, 3.05) is 5.32 Å². The van der Waals surface area contributed by atoms with Gasteiger partial charge in [0, 0.05) is 16.3 Å². The molecule has 8 heteroatoms. The average molecular weight is 388 g/mol. The van der Waals surface area contributed by atoms with E-state index in [9.17, 15) is 14.4 Å². The number of hydrogen-bond donors (Lipinski definition) is 3. The molecule has 0 saturated heterocycles. The van der Waals surface area contributed by atoms with Crippen LogP contribution in [-0.4, -0.2) is 22.8 Å². The Hall–Kier alpha value is -3.06. The zero-order valence-corrected chi connectivity index (χ0v) is 15.5. The van der Waals surface area contributed by atoms with E-state index in [-0.39, 0.29) is 17.7 Å². The maximum atomic E-state index is 12.7. The van der Waals surface area contributed by atoms with Gasteiger partial charge in [-0.1, -0.05) is 25.4 Å². The summed E-state index contributed by atoms with van der Waals surface area (Å²) in [5.41, 5.74) is 1.77. The molecule has 3 aromatic rings. The molecule has 140 valence electrons. The Morgan fingerprint density at radius 1 is 1.11 bits per heavy atom. The molecule has 0 fully saturated rings. The van der Waals surface area contributed by atoms with E-state index in [1.165, 1.54) is 0 Å². The van der Waals surface area contributed by atoms with Crippen LogP contribution in [0.15, 0.2) is 51.7 Å². The Labute approximate surface area is 159 Å². The van der Waals surface area contributed by atoms with Crippen molar-refractivity contribution in [2.45, 2.75) is 19.9 Å². The maximum absolute atomic E-state index is 12.7. The van der Waals surface area contributed by atoms with Crippen LogP contribution < -0.4 is 16.4 Å². The van der Waals surface area contributed by atoms with Crippen molar-refractivity contribution >= 4 is 40.2 Å². The number of anilines is 1. The molecule has 0 aliphatic rings. The first-order valence-electron chi connectivity index (χ1n) is 8.33. The second-order valence-corrected chi connectivity index (χ2v) is 6.85. The Morgan fingerprint density at radius 3 is 2.48 bits per heavy atom. The van der Waals surface area contributed by atoms with Crippen molar-refractivity contribution in [3.63, 3.8) is 0 Å². The number of nitrogens with one attached hydrogen (secondary N) is 3. The monoisotopic (exact) mass is 387 g/mol. The van der Waals surface area contributed by atoms with Crippen LogP contribution in [0, 0.1) is 5.92 Å². The summed E-state index contributed by atoms with van der Waals surface area (Å²) < 4.78 is 4.93. The topological polar surface area (TPSA) is 104 Å². The van der Waals surface area contributed by atoms with Gasteiger partial charge in [0.1, 0.15) is 6.04 Å². The molecule has 1 unspecified atom stereocenters. The van der Waals surface area contributed by atoms with Crippen molar-refractivity contribution in [3.05, 3.63) is 63.6 Å². The molecule has 7 nitrogen and oxygen atoms in total. The number of carbonyl (C=O) groups is 2. The summed E-state index contributed by atoms with van der Waals surface area (Å²) in [6, 6.07) is 10.5. The van der Waals surface area contributed by atoms with Gasteiger partial charge in [-0.25, -0.2) is 4.79 Å². The molecule has 0 radical (unpaired) electrons. The molecule has 0 aliphatic carbocycles. The summed E-state index contributed by atoms with van der Waals surface area (Å²) in [6.07, 6.45) is 0. The maximum Gasteiger partial charge on any atom is 0.417 e. The minimum Gasteiger partial charge on any atom is -0.408 e. The van der Waals surface area contributed by atoms with Crippen molar-refractivity contribution in [2.24, 2.45) is 5.92 Å². The molecule has 3 N–H and O–H groups in total. The molecule has 3 rings (SSSR count). The number of aromatic amines is 1. The standard InChI is InChI=1S/C19H18ClN3O4/c1-10(2)16(23-17(24)11-3-5-12(20)6-4-11)18(25)21-13-7-8-15-14(9-13)22-19(26)27-15/h3-10,16H,1-2H3,(H,21,25)(H,22,26)(H,23,24). The summed E-state index contributed by atoms with van der Waals surface area (Å²) in [5, 5.41) is 6.02. The van der Waals surface area contributed by atoms with Crippen molar-refractivity contribution < 1.29 is 14.0 Å². The Kier molecular flexibility index (Phi) is 5.32. The number of hydrogen-bond acceptors (Lipinski definition) is 4. The van der Waals surface area contributed by atoms with E-state index in [4.69, 9.17) is 16.0 Å². The minimum atomic E-state index is -0.743. The van der Waals surface area contributed by atoms with Gasteiger partial charge in [-0.15, -0.1) is 0 Å². The lowest BCUT2D eigenvalue weighted by atomic mass is 10.0. The fourth-order valence-electron chi connectivity index (χ4n) is 2.61. The first-order valence-corrected chi connectivity index (χ1v) is 8.71. The van der Waals surface area contributed by atoms with Gasteiger partial charge in [0.05, 0.1) is 5.52 Å². The number of benzene rings is 2. The van der Waals surface area contributed by atoms with E-state index >= 15 is 0 Å². The molecular weight excluding hydrogens is 370 g/mol. The second kappa shape index (κ2) is 7.67. The van der Waals surface area contributed by atoms with Crippen LogP contribution in [0.3, 0.4) is 0 Å². The molecule has 1 aromatic heterocycles. The predicted octanol–water partition coefficient (Wildman–Crippen LogP) is 3.17. The van der Waals surface area contributed by atoms with Gasteiger partial charge >= 0.3 is 5.76 Å². The highest BCUT2D eigenvalue weighted by atomic mass is 35.5. The highest BCUT2D eigenvalue weighted by Gasteiger charge is 2.25. The lowest BCUT2D eigenvalue weighted by Crippen LogP contribution is -2.47. The predicted molar refractivity (Wildman–Crippen MR) is 103 cm³/mol. The van der Waals surface area contributed by atoms with Crippen molar-refractivity contribution in [3.8, 4) is 0 Å². The molecule has 0 spiro atoms. The third-order valence-electron chi connectivity index (χ3n) is 4.03. The van der Waals surface area contributed by atoms with E-state index in [1.54, 1.807) is 42.5 Å². The number of amides is 2. The first kappa shape index (κ1) is 18.7. The van der Waals surface area contributed by atoms with Crippen LogP contribution in [0.5, 0.6) is 0 Å². The second-order valence-electron chi connectivity index (χ2n) is 6.42. The van der Waals surface area contributed by atoms with E-state index in [0.717, 1.165) is 0 Å². The van der Waals surface area contributed by atoms with Gasteiger partial charge in [0.2, 0.25) is 5.91 Å². The largest absolute Gasteiger partial charge is 0.417 e. The van der Waals surface area contributed by atoms with Crippen LogP contribution >= 0.6 is 11.6 Å². The summed E-state index contributed by atoms with van der Waals surface area (Å²) in [4.78, 5) is 38.9. The number of aromatic nitrogens is 1. The molecule has 2 aromatic carbocycles. The van der Waals surface area contributed by atoms with Gasteiger partial charge in [-0.3, -0.25) is 14.6 Å². The Morgan fingerprint density at radius 2 is 1.81 bits per heavy atom. The van der Waals surface area contributed by atoms with Crippen LogP contribution in [0.2, 0.25) is 5.02 Å². The zero-order chi connectivity index (χ0) is 19.6. The molecule has 0 aliphatic heterocycles. The fraction of sp³-hybridized carbons (Fsp3) is 0.211. The summed E-state index contributed by atoms with van der Waals surface area (Å²) >= 11 is 5.83. The first-order chi connectivity index (χ1) is 12.8. The smallest absolute Gasteiger partial charge is 0.408 e. The Balaban J connectivity index is 1.74. The van der Waals surface area contributed by atoms with Crippen molar-refractivity contribution in [1.29, 1.82) is 0 Å². The molecule has 1 heterocycles. The van der Waals surface area contributed by atoms with E-state index < -0.39 is 11.8 Å². The lowest BCUT2D eigenvalue weighted by molar-refractivity contribution is -0.118. The fourth-order valence-corrected chi connectivity index (χ4v) is 2.74. The van der Waals surface area contributed by atoms with Gasteiger partial charge in [-0.2, -0.15) is 0 Å². The van der Waals surface area contributed by atoms with Crippen LogP contribution in [0.25, 0.3) is 11.1 Å². The third kappa shape index (κ3) is 4.38. The van der Waals surface area contributed by atoms with E-state index in [1.807, 2.05) is 13.8 Å². The lowest BCUT2D eigenvalue weighted by Gasteiger charge is -2.21. The molecule has 0 saturated carbocycles. The number of oxazole rings is 1. The number of carbonyl (C=O) groups excluding carboxylic acids is 2. The van der Waals surface area contributed by atoms with E-state index in [2.05, 4.69) is 15.6 Å². The molecular formula is C19H18ClN3O4. The summed E-state index contributed by atoms with van der Waals surface area (Å²) in [6.45, 7) is 3.67. The van der Waals surface area contributed by atoms with Crippen LogP contribution in [0.4, 0.5) is 5.69 Å². The highest BCUT2D eigenvalue weighted by Crippen LogP contribution is 2.17. The third-order valence-corrected chi connectivity index (χ3v) is 4.28. The van der Waals surface area contributed by atoms with E-state index in [0.29, 0.717) is 27.4 Å². The van der Waals surface area contributed by atoms with Gasteiger partial charge in [0.25, 0.3) is 5.91 Å². The molecule has 2 amide bonds. The molecule has 1 atom stereocenters. The minimum absolute atomic E-state index is 0.140. The van der Waals surface area contributed by atoms with Gasteiger partial charge < -0.3 is 15.1 Å². The highest BCUT2D eigenvalue weighted by molar-refractivity contribution is 6.30. The number of fused-ring (bicyclic) bond motifs is 1. The van der Waals surface area contributed by atoms with Gasteiger partial charge in [0.15, 0.2) is 5.58 Å². The normalized spacial score (nSPS) is 12.1. The number of rotatable bonds is 5. The van der Waals surface area contributed by atoms with Crippen molar-refractivity contribution in [1.82, 2.24) is 10.3 Å². The molecule has 27 heavy (non-hydrogen) atoms. The quantitative estimate of drug-likeness (QED) is 0.625. The number of halogens is 1. The average Bonchev–Trinajstić information content (AvgIpc) is 2.99.